The maximum atomic E-state index is 12.4. The third kappa shape index (κ3) is 5.51. The number of benzene rings is 1. The zero-order valence-electron chi connectivity index (χ0n) is 14.1. The normalized spacial score (nSPS) is 11.1. The van der Waals surface area contributed by atoms with Crippen LogP contribution in [0.5, 0.6) is 0 Å². The van der Waals surface area contributed by atoms with Crippen molar-refractivity contribution in [3.8, 4) is 0 Å². The molecule has 0 saturated carbocycles. The molecule has 1 amide bonds. The first-order valence-electron chi connectivity index (χ1n) is 7.95. The first kappa shape index (κ1) is 18.2. The van der Waals surface area contributed by atoms with Crippen LogP contribution in [0.2, 0.25) is 0 Å². The van der Waals surface area contributed by atoms with Crippen LogP contribution in [0.4, 0.5) is 4.79 Å². The highest BCUT2D eigenvalue weighted by molar-refractivity contribution is 5.90. The fraction of sp³-hybridized carbons (Fsp3) is 0.556. The van der Waals surface area contributed by atoms with Crippen molar-refractivity contribution < 1.29 is 14.3 Å². The van der Waals surface area contributed by atoms with Crippen molar-refractivity contribution in [2.45, 2.75) is 52.6 Å². The van der Waals surface area contributed by atoms with Crippen molar-refractivity contribution >= 4 is 11.9 Å². The molecule has 1 aromatic rings. The van der Waals surface area contributed by atoms with E-state index in [2.05, 4.69) is 0 Å². The van der Waals surface area contributed by atoms with Crippen LogP contribution >= 0.6 is 0 Å². The topological polar surface area (TPSA) is 46.6 Å². The minimum Gasteiger partial charge on any atom is -0.435 e. The van der Waals surface area contributed by atoms with Gasteiger partial charge in [0.05, 0.1) is 0 Å². The van der Waals surface area contributed by atoms with Crippen LogP contribution < -0.4 is 0 Å². The minimum absolute atomic E-state index is 0.0972. The van der Waals surface area contributed by atoms with Crippen LogP contribution in [0.1, 0.15) is 46.1 Å². The number of amides is 1. The van der Waals surface area contributed by atoms with E-state index >= 15 is 0 Å². The van der Waals surface area contributed by atoms with Crippen molar-refractivity contribution in [2.75, 3.05) is 13.1 Å². The Balaban J connectivity index is 2.68. The molecule has 0 fully saturated rings. The lowest BCUT2D eigenvalue weighted by Crippen LogP contribution is -2.43. The van der Waals surface area contributed by atoms with Crippen molar-refractivity contribution in [3.63, 3.8) is 0 Å². The van der Waals surface area contributed by atoms with Crippen LogP contribution in [0, 0.1) is 0 Å². The van der Waals surface area contributed by atoms with Crippen molar-refractivity contribution in [2.24, 2.45) is 0 Å². The molecule has 1 rings (SSSR count). The summed E-state index contributed by atoms with van der Waals surface area (Å²) in [6.45, 7) is 8.65. The number of rotatable bonds is 8. The minimum atomic E-state index is -1.12. The number of hydrogen-bond acceptors (Lipinski definition) is 3. The van der Waals surface area contributed by atoms with Gasteiger partial charge in [-0.05, 0) is 32.3 Å². The Kier molecular flexibility index (Phi) is 7.09. The predicted molar refractivity (Wildman–Crippen MR) is 87.9 cm³/mol. The van der Waals surface area contributed by atoms with E-state index in [1.807, 2.05) is 44.2 Å². The largest absolute Gasteiger partial charge is 0.435 e. The molecule has 4 nitrogen and oxygen atoms in total. The van der Waals surface area contributed by atoms with E-state index < -0.39 is 11.7 Å². The Bertz CT molecular complexity index is 476. The molecular formula is C18H27NO3. The summed E-state index contributed by atoms with van der Waals surface area (Å²) in [5.74, 6) is -0.0972. The monoisotopic (exact) mass is 305 g/mol. The van der Waals surface area contributed by atoms with Crippen LogP contribution in [-0.4, -0.2) is 35.5 Å². The zero-order chi connectivity index (χ0) is 16.6. The second-order valence-electron chi connectivity index (χ2n) is 5.95. The van der Waals surface area contributed by atoms with Crippen molar-refractivity contribution in [3.05, 3.63) is 35.9 Å². The lowest BCUT2D eigenvalue weighted by molar-refractivity contribution is -0.134. The molecule has 0 unspecified atom stereocenters. The molecule has 4 heteroatoms. The number of ether oxygens (including phenoxy) is 1. The smallest absolute Gasteiger partial charge is 0.410 e. The summed E-state index contributed by atoms with van der Waals surface area (Å²) in [5, 5.41) is 0. The number of Topliss-reactive ketones (excluding diaryl/α,β-unsaturated/α-hetero) is 1. The van der Waals surface area contributed by atoms with Gasteiger partial charge in [0.25, 0.3) is 0 Å². The molecule has 0 aliphatic heterocycles. The molecule has 0 aliphatic rings. The van der Waals surface area contributed by atoms with Gasteiger partial charge in [0.15, 0.2) is 11.4 Å². The average molecular weight is 305 g/mol. The fourth-order valence-corrected chi connectivity index (χ4v) is 2.17. The number of ketones is 1. The standard InChI is InChI=1S/C18H27NO3/c1-5-12-19(13-6-2)17(21)22-18(3,4)16(20)14-15-10-8-7-9-11-15/h7-11H,5-6,12-14H2,1-4H3. The van der Waals surface area contributed by atoms with E-state index in [0.717, 1.165) is 18.4 Å². The lowest BCUT2D eigenvalue weighted by Gasteiger charge is -2.28. The second-order valence-corrected chi connectivity index (χ2v) is 5.95. The molecule has 0 heterocycles. The average Bonchev–Trinajstić information content (AvgIpc) is 2.47. The molecular weight excluding hydrogens is 278 g/mol. The Morgan fingerprint density at radius 2 is 1.59 bits per heavy atom. The Morgan fingerprint density at radius 3 is 2.09 bits per heavy atom. The summed E-state index contributed by atoms with van der Waals surface area (Å²) in [5.41, 5.74) is -0.192. The van der Waals surface area contributed by atoms with Gasteiger partial charge < -0.3 is 9.64 Å². The van der Waals surface area contributed by atoms with E-state index in [4.69, 9.17) is 4.74 Å². The molecule has 0 radical (unpaired) electrons. The number of nitrogens with zero attached hydrogens (tertiary/aromatic N) is 1. The SMILES string of the molecule is CCCN(CCC)C(=O)OC(C)(C)C(=O)Cc1ccccc1. The molecule has 0 atom stereocenters. The van der Waals surface area contributed by atoms with Gasteiger partial charge in [-0.3, -0.25) is 4.79 Å². The van der Waals surface area contributed by atoms with E-state index in [-0.39, 0.29) is 12.2 Å². The van der Waals surface area contributed by atoms with Gasteiger partial charge in [-0.2, -0.15) is 0 Å². The van der Waals surface area contributed by atoms with Gasteiger partial charge in [0.1, 0.15) is 0 Å². The highest BCUT2D eigenvalue weighted by Crippen LogP contribution is 2.16. The molecule has 0 N–H and O–H groups in total. The third-order valence-corrected chi connectivity index (χ3v) is 3.47. The summed E-state index contributed by atoms with van der Waals surface area (Å²) < 4.78 is 5.48. The van der Waals surface area contributed by atoms with Crippen LogP contribution in [0.3, 0.4) is 0 Å². The quantitative estimate of drug-likeness (QED) is 0.733. The Hall–Kier alpha value is -1.84. The Labute approximate surface area is 133 Å². The van der Waals surface area contributed by atoms with E-state index in [0.29, 0.717) is 13.1 Å². The van der Waals surface area contributed by atoms with Crippen LogP contribution in [0.25, 0.3) is 0 Å². The molecule has 0 saturated heterocycles. The zero-order valence-corrected chi connectivity index (χ0v) is 14.1. The fourth-order valence-electron chi connectivity index (χ4n) is 2.17. The van der Waals surface area contributed by atoms with Gasteiger partial charge in [0, 0.05) is 19.5 Å². The van der Waals surface area contributed by atoms with Gasteiger partial charge in [-0.1, -0.05) is 44.2 Å². The van der Waals surface area contributed by atoms with Crippen LogP contribution in [0.15, 0.2) is 30.3 Å². The molecule has 0 aliphatic carbocycles. The van der Waals surface area contributed by atoms with Crippen LogP contribution in [-0.2, 0) is 16.0 Å². The predicted octanol–water partition coefficient (Wildman–Crippen LogP) is 3.84. The summed E-state index contributed by atoms with van der Waals surface area (Å²) in [7, 11) is 0. The number of hydrogen-bond donors (Lipinski definition) is 0. The highest BCUT2D eigenvalue weighted by atomic mass is 16.6. The summed E-state index contributed by atoms with van der Waals surface area (Å²) in [6, 6.07) is 9.50. The molecule has 0 aromatic heterocycles. The van der Waals surface area contributed by atoms with E-state index in [1.54, 1.807) is 18.7 Å². The first-order valence-corrected chi connectivity index (χ1v) is 7.95. The summed E-state index contributed by atoms with van der Waals surface area (Å²) in [6.07, 6.45) is 1.60. The van der Waals surface area contributed by atoms with Crippen molar-refractivity contribution in [1.82, 2.24) is 4.90 Å². The Morgan fingerprint density at radius 1 is 1.05 bits per heavy atom. The van der Waals surface area contributed by atoms with E-state index in [9.17, 15) is 9.59 Å². The van der Waals surface area contributed by atoms with Gasteiger partial charge in [-0.15, -0.1) is 0 Å². The molecule has 22 heavy (non-hydrogen) atoms. The maximum absolute atomic E-state index is 12.4. The molecule has 0 spiro atoms. The van der Waals surface area contributed by atoms with Gasteiger partial charge in [-0.25, -0.2) is 4.79 Å². The highest BCUT2D eigenvalue weighted by Gasteiger charge is 2.33. The van der Waals surface area contributed by atoms with Gasteiger partial charge in [0.2, 0.25) is 0 Å². The lowest BCUT2D eigenvalue weighted by atomic mass is 9.97. The molecule has 1 aromatic carbocycles. The number of carbonyl (C=O) groups excluding carboxylic acids is 2. The third-order valence-electron chi connectivity index (χ3n) is 3.47. The molecule has 0 bridgehead atoms. The number of carbonyl (C=O) groups is 2. The van der Waals surface area contributed by atoms with E-state index in [1.165, 1.54) is 0 Å². The maximum Gasteiger partial charge on any atom is 0.410 e. The second kappa shape index (κ2) is 8.57. The molecule has 122 valence electrons. The van der Waals surface area contributed by atoms with Crippen molar-refractivity contribution in [1.29, 1.82) is 0 Å². The summed E-state index contributed by atoms with van der Waals surface area (Å²) >= 11 is 0. The first-order chi connectivity index (χ1) is 10.4. The summed E-state index contributed by atoms with van der Waals surface area (Å²) in [4.78, 5) is 26.3. The van der Waals surface area contributed by atoms with Gasteiger partial charge >= 0.3 is 6.09 Å².